The molecule has 2 atom stereocenters. The maximum Gasteiger partial charge on any atom is 0.250 e. The highest BCUT2D eigenvalue weighted by molar-refractivity contribution is 6.74. The van der Waals surface area contributed by atoms with Gasteiger partial charge < -0.3 is 18.6 Å². The minimum atomic E-state index is -2.04. The molecule has 230 valence electrons. The van der Waals surface area contributed by atoms with Crippen molar-refractivity contribution in [2.24, 2.45) is 0 Å². The summed E-state index contributed by atoms with van der Waals surface area (Å²) in [4.78, 5) is 9.58. The predicted octanol–water partition coefficient (Wildman–Crippen LogP) is 6.85. The molecule has 2 unspecified atom stereocenters. The minimum absolute atomic E-state index is 0.0841. The van der Waals surface area contributed by atoms with Crippen molar-refractivity contribution in [2.75, 3.05) is 19.8 Å². The van der Waals surface area contributed by atoms with Gasteiger partial charge >= 0.3 is 0 Å². The van der Waals surface area contributed by atoms with Gasteiger partial charge in [-0.05, 0) is 86.8 Å². The van der Waals surface area contributed by atoms with Crippen LogP contribution in [0, 0.1) is 0 Å². The molecule has 4 aromatic rings. The van der Waals surface area contributed by atoms with Crippen molar-refractivity contribution < 1.29 is 18.6 Å². The summed E-state index contributed by atoms with van der Waals surface area (Å²) in [6.07, 6.45) is 12.5. The monoisotopic (exact) mass is 604 g/mol. The molecule has 10 nitrogen and oxygen atoms in total. The third kappa shape index (κ3) is 6.69. The van der Waals surface area contributed by atoms with Crippen LogP contribution in [0.15, 0.2) is 42.9 Å². The molecule has 43 heavy (non-hydrogen) atoms. The first-order valence-electron chi connectivity index (χ1n) is 15.6. The van der Waals surface area contributed by atoms with Crippen molar-refractivity contribution in [3.63, 3.8) is 0 Å². The fourth-order valence-corrected chi connectivity index (χ4v) is 6.31. The molecule has 2 aliphatic heterocycles. The smallest absolute Gasteiger partial charge is 0.250 e. The molecule has 3 aromatic heterocycles. The molecular formula is C32H44N6O4Si. The Morgan fingerprint density at radius 2 is 1.84 bits per heavy atom. The predicted molar refractivity (Wildman–Crippen MR) is 168 cm³/mol. The Kier molecular flexibility index (Phi) is 8.68. The van der Waals surface area contributed by atoms with E-state index < -0.39 is 8.32 Å². The molecule has 2 aliphatic rings. The van der Waals surface area contributed by atoms with E-state index in [0.29, 0.717) is 23.9 Å². The number of ether oxygens (including phenoxy) is 3. The maximum atomic E-state index is 6.68. The molecule has 5 heterocycles. The second-order valence-electron chi connectivity index (χ2n) is 13.1. The number of fused-ring (bicyclic) bond motifs is 1. The van der Waals surface area contributed by atoms with Crippen molar-refractivity contribution in [3.05, 3.63) is 48.4 Å². The quantitative estimate of drug-likeness (QED) is 0.191. The van der Waals surface area contributed by atoms with Crippen LogP contribution in [-0.4, -0.2) is 64.0 Å². The lowest BCUT2D eigenvalue weighted by Gasteiger charge is -2.36. The van der Waals surface area contributed by atoms with Crippen LogP contribution in [0.5, 0.6) is 5.75 Å². The standard InChI is InChI=1S/C32H44N6O4Si/c1-32(2,3)43(4,5)42-24-12-13-26-25(20-24)30(36-38(26)28-10-6-8-17-39-28)31-33-16-14-27(35-31)37-22-23(21-34-37)15-19-41-29-11-7-9-18-40-29/h12-14,16,20-22,28-29H,6-11,15,17-19H2,1-5H3. The number of hydrogen-bond donors (Lipinski definition) is 0. The van der Waals surface area contributed by atoms with Gasteiger partial charge in [0.2, 0.25) is 8.32 Å². The summed E-state index contributed by atoms with van der Waals surface area (Å²) in [6, 6.07) is 8.11. The average molecular weight is 605 g/mol. The van der Waals surface area contributed by atoms with Gasteiger partial charge in [-0.3, -0.25) is 0 Å². The van der Waals surface area contributed by atoms with E-state index in [4.69, 9.17) is 28.7 Å². The summed E-state index contributed by atoms with van der Waals surface area (Å²) in [5, 5.41) is 10.7. The normalized spacial score (nSPS) is 20.0. The van der Waals surface area contributed by atoms with E-state index in [1.807, 2.05) is 23.1 Å². The van der Waals surface area contributed by atoms with Gasteiger partial charge in [-0.25, -0.2) is 19.3 Å². The molecule has 2 saturated heterocycles. The Hall–Kier alpha value is -3.12. The van der Waals surface area contributed by atoms with Crippen LogP contribution in [0.2, 0.25) is 18.1 Å². The SMILES string of the molecule is CC(C)(C)[Si](C)(C)Oc1ccc2c(c1)c(-c1nccc(-n3cc(CCOC4CCCCO4)cn3)n1)nn2C1CCCCO1. The Bertz CT molecular complexity index is 1530. The van der Waals surface area contributed by atoms with E-state index in [-0.39, 0.29) is 17.6 Å². The molecule has 0 amide bonds. The summed E-state index contributed by atoms with van der Waals surface area (Å²) in [5.74, 6) is 2.06. The molecule has 1 aromatic carbocycles. The summed E-state index contributed by atoms with van der Waals surface area (Å²) in [7, 11) is -2.04. The molecule has 6 rings (SSSR count). The molecule has 0 saturated carbocycles. The Labute approximate surface area is 254 Å². The van der Waals surface area contributed by atoms with Gasteiger partial charge in [0.25, 0.3) is 0 Å². The molecule has 2 fully saturated rings. The highest BCUT2D eigenvalue weighted by atomic mass is 28.4. The molecule has 0 radical (unpaired) electrons. The van der Waals surface area contributed by atoms with Gasteiger partial charge in [0.1, 0.15) is 11.4 Å². The summed E-state index contributed by atoms with van der Waals surface area (Å²) in [5.41, 5.74) is 2.77. The molecular weight excluding hydrogens is 560 g/mol. The Morgan fingerprint density at radius 1 is 1.02 bits per heavy atom. The molecule has 0 spiro atoms. The number of rotatable bonds is 9. The number of hydrogen-bond acceptors (Lipinski definition) is 8. The number of nitrogens with zero attached hydrogens (tertiary/aromatic N) is 6. The zero-order chi connectivity index (χ0) is 30.0. The molecule has 0 N–H and O–H groups in total. The van der Waals surface area contributed by atoms with Crippen molar-refractivity contribution >= 4 is 19.2 Å². The maximum absolute atomic E-state index is 6.68. The summed E-state index contributed by atoms with van der Waals surface area (Å²) < 4.78 is 28.2. The van der Waals surface area contributed by atoms with Crippen molar-refractivity contribution in [2.45, 2.75) is 96.4 Å². The Balaban J connectivity index is 1.29. The first kappa shape index (κ1) is 29.9. The molecule has 11 heteroatoms. The molecule has 0 aliphatic carbocycles. The highest BCUT2D eigenvalue weighted by Gasteiger charge is 2.39. The fourth-order valence-electron chi connectivity index (χ4n) is 5.29. The van der Waals surface area contributed by atoms with E-state index in [1.165, 1.54) is 0 Å². The lowest BCUT2D eigenvalue weighted by atomic mass is 10.1. The van der Waals surface area contributed by atoms with Gasteiger partial charge in [-0.15, -0.1) is 0 Å². The second-order valence-corrected chi connectivity index (χ2v) is 17.8. The Morgan fingerprint density at radius 3 is 2.58 bits per heavy atom. The van der Waals surface area contributed by atoms with E-state index in [0.717, 1.165) is 80.4 Å². The average Bonchev–Trinajstić information content (AvgIpc) is 3.63. The van der Waals surface area contributed by atoms with Crippen LogP contribution in [-0.2, 0) is 20.6 Å². The van der Waals surface area contributed by atoms with Crippen molar-refractivity contribution in [1.82, 2.24) is 29.5 Å². The van der Waals surface area contributed by atoms with Gasteiger partial charge in [0.15, 0.2) is 24.2 Å². The van der Waals surface area contributed by atoms with Gasteiger partial charge in [-0.2, -0.15) is 10.2 Å². The topological polar surface area (TPSA) is 98.3 Å². The van der Waals surface area contributed by atoms with Crippen LogP contribution in [0.25, 0.3) is 28.2 Å². The first-order valence-corrected chi connectivity index (χ1v) is 18.5. The lowest BCUT2D eigenvalue weighted by Crippen LogP contribution is -2.43. The van der Waals surface area contributed by atoms with Crippen molar-refractivity contribution in [1.29, 1.82) is 0 Å². The minimum Gasteiger partial charge on any atom is -0.543 e. The van der Waals surface area contributed by atoms with Crippen molar-refractivity contribution in [3.8, 4) is 23.1 Å². The summed E-state index contributed by atoms with van der Waals surface area (Å²) in [6.45, 7) is 13.4. The van der Waals surface area contributed by atoms with Crippen LogP contribution < -0.4 is 4.43 Å². The van der Waals surface area contributed by atoms with E-state index in [1.54, 1.807) is 10.9 Å². The largest absolute Gasteiger partial charge is 0.543 e. The van der Waals surface area contributed by atoms with Gasteiger partial charge in [-0.1, -0.05) is 20.8 Å². The zero-order valence-corrected chi connectivity index (χ0v) is 27.1. The van der Waals surface area contributed by atoms with Crippen LogP contribution in [0.4, 0.5) is 0 Å². The zero-order valence-electron chi connectivity index (χ0n) is 26.1. The third-order valence-corrected chi connectivity index (χ3v) is 13.2. The van der Waals surface area contributed by atoms with Gasteiger partial charge in [0.05, 0.1) is 18.3 Å². The van der Waals surface area contributed by atoms with E-state index in [9.17, 15) is 0 Å². The van der Waals surface area contributed by atoms with Gasteiger partial charge in [0, 0.05) is 37.1 Å². The lowest BCUT2D eigenvalue weighted by molar-refractivity contribution is -0.161. The number of aromatic nitrogens is 6. The van der Waals surface area contributed by atoms with E-state index in [2.05, 4.69) is 62.1 Å². The highest BCUT2D eigenvalue weighted by Crippen LogP contribution is 2.39. The fraction of sp³-hybridized carbons (Fsp3) is 0.562. The number of benzene rings is 1. The first-order chi connectivity index (χ1) is 20.7. The van der Waals surface area contributed by atoms with Crippen LogP contribution in [0.1, 0.15) is 71.1 Å². The second kappa shape index (κ2) is 12.5. The molecule has 0 bridgehead atoms. The van der Waals surface area contributed by atoms with Crippen LogP contribution >= 0.6 is 0 Å². The summed E-state index contributed by atoms with van der Waals surface area (Å²) >= 11 is 0. The van der Waals surface area contributed by atoms with E-state index >= 15 is 0 Å². The van der Waals surface area contributed by atoms with Crippen LogP contribution in [0.3, 0.4) is 0 Å². The third-order valence-electron chi connectivity index (χ3n) is 8.84.